The summed E-state index contributed by atoms with van der Waals surface area (Å²) < 4.78 is 32.1. The third kappa shape index (κ3) is 2.48. The highest BCUT2D eigenvalue weighted by molar-refractivity contribution is 5.68. The number of aliphatic carboxylic acids is 1. The second-order valence-electron chi connectivity index (χ2n) is 3.43. The Labute approximate surface area is 91.7 Å². The van der Waals surface area contributed by atoms with Crippen LogP contribution in [0.5, 0.6) is 5.75 Å². The minimum absolute atomic E-state index is 0.00579. The molecule has 88 valence electrons. The molecular weight excluding hydrogens is 218 g/mol. The van der Waals surface area contributed by atoms with Crippen molar-refractivity contribution in [3.63, 3.8) is 0 Å². The smallest absolute Gasteiger partial charge is 0.309 e. The van der Waals surface area contributed by atoms with Gasteiger partial charge in [-0.25, -0.2) is 8.78 Å². The van der Waals surface area contributed by atoms with E-state index < -0.39 is 18.3 Å². The summed E-state index contributed by atoms with van der Waals surface area (Å²) in [6, 6.07) is 4.46. The maximum atomic E-state index is 13.7. The van der Waals surface area contributed by atoms with Crippen molar-refractivity contribution in [3.8, 4) is 5.75 Å². The van der Waals surface area contributed by atoms with Gasteiger partial charge in [-0.1, -0.05) is 12.1 Å². The first-order valence-electron chi connectivity index (χ1n) is 4.62. The van der Waals surface area contributed by atoms with Crippen LogP contribution in [0.1, 0.15) is 17.5 Å². The summed E-state index contributed by atoms with van der Waals surface area (Å²) >= 11 is 0. The Kier molecular flexibility index (Phi) is 3.47. The van der Waals surface area contributed by atoms with Crippen LogP contribution >= 0.6 is 0 Å². The van der Waals surface area contributed by atoms with Gasteiger partial charge in [-0.3, -0.25) is 4.79 Å². The molecule has 0 saturated carbocycles. The van der Waals surface area contributed by atoms with Crippen molar-refractivity contribution in [1.82, 2.24) is 0 Å². The van der Waals surface area contributed by atoms with E-state index in [1.165, 1.54) is 26.2 Å². The highest BCUT2D eigenvalue weighted by atomic mass is 19.3. The van der Waals surface area contributed by atoms with Crippen LogP contribution in [-0.2, 0) is 10.7 Å². The lowest BCUT2D eigenvalue weighted by molar-refractivity contribution is -0.145. The zero-order valence-electron chi connectivity index (χ0n) is 8.96. The number of hydrogen-bond donors (Lipinski definition) is 1. The number of ether oxygens (including phenoxy) is 1. The lowest BCUT2D eigenvalue weighted by atomic mass is 9.99. The molecule has 3 nitrogen and oxygen atoms in total. The van der Waals surface area contributed by atoms with Crippen LogP contribution in [-0.4, -0.2) is 18.2 Å². The third-order valence-corrected chi connectivity index (χ3v) is 2.19. The van der Waals surface area contributed by atoms with E-state index in [-0.39, 0.29) is 11.3 Å². The number of carboxylic acids is 1. The normalized spacial score (nSPS) is 11.2. The van der Waals surface area contributed by atoms with Gasteiger partial charge in [0, 0.05) is 0 Å². The third-order valence-electron chi connectivity index (χ3n) is 2.19. The standard InChI is InChI=1S/C11H12F2O3/c1-7-4-3-5-8(16-2)10(7)11(12,13)6-9(14)15/h3-5H,6H2,1-2H3,(H,14,15). The average molecular weight is 230 g/mol. The molecule has 0 saturated heterocycles. The SMILES string of the molecule is COc1cccc(C)c1C(F)(F)CC(=O)O. The molecule has 16 heavy (non-hydrogen) atoms. The molecule has 0 bridgehead atoms. The predicted octanol–water partition coefficient (Wildman–Crippen LogP) is 2.57. The van der Waals surface area contributed by atoms with Gasteiger partial charge in [0.05, 0.1) is 12.7 Å². The predicted molar refractivity (Wildman–Crippen MR) is 53.9 cm³/mol. The van der Waals surface area contributed by atoms with Crippen LogP contribution in [0.15, 0.2) is 18.2 Å². The fourth-order valence-corrected chi connectivity index (χ4v) is 1.56. The fourth-order valence-electron chi connectivity index (χ4n) is 1.56. The Morgan fingerprint density at radius 3 is 2.62 bits per heavy atom. The van der Waals surface area contributed by atoms with Crippen molar-refractivity contribution in [3.05, 3.63) is 29.3 Å². The Bertz CT molecular complexity index is 402. The largest absolute Gasteiger partial charge is 0.496 e. The van der Waals surface area contributed by atoms with Crippen LogP contribution in [0, 0.1) is 6.92 Å². The number of carboxylic acid groups (broad SMARTS) is 1. The van der Waals surface area contributed by atoms with Crippen molar-refractivity contribution < 1.29 is 23.4 Å². The quantitative estimate of drug-likeness (QED) is 0.864. The molecule has 0 fully saturated rings. The highest BCUT2D eigenvalue weighted by Gasteiger charge is 2.38. The summed E-state index contributed by atoms with van der Waals surface area (Å²) in [6.07, 6.45) is -1.24. The van der Waals surface area contributed by atoms with E-state index in [0.717, 1.165) is 0 Å². The van der Waals surface area contributed by atoms with Crippen molar-refractivity contribution in [2.45, 2.75) is 19.3 Å². The second-order valence-corrected chi connectivity index (χ2v) is 3.43. The number of halogens is 2. The maximum Gasteiger partial charge on any atom is 0.309 e. The average Bonchev–Trinajstić information content (AvgIpc) is 2.14. The Balaban J connectivity index is 3.24. The van der Waals surface area contributed by atoms with Gasteiger partial charge in [0.2, 0.25) is 0 Å². The molecule has 1 rings (SSSR count). The van der Waals surface area contributed by atoms with E-state index in [2.05, 4.69) is 0 Å². The van der Waals surface area contributed by atoms with E-state index >= 15 is 0 Å². The van der Waals surface area contributed by atoms with Gasteiger partial charge >= 0.3 is 5.97 Å². The van der Waals surface area contributed by atoms with E-state index in [1.54, 1.807) is 6.07 Å². The molecule has 5 heteroatoms. The van der Waals surface area contributed by atoms with Gasteiger partial charge < -0.3 is 9.84 Å². The minimum atomic E-state index is -3.43. The number of aryl methyl sites for hydroxylation is 1. The number of rotatable bonds is 4. The molecule has 0 radical (unpaired) electrons. The lowest BCUT2D eigenvalue weighted by Crippen LogP contribution is -2.20. The summed E-state index contributed by atoms with van der Waals surface area (Å²) in [7, 11) is 1.27. The molecule has 0 aromatic heterocycles. The zero-order valence-corrected chi connectivity index (χ0v) is 8.96. The van der Waals surface area contributed by atoms with Gasteiger partial charge in [-0.2, -0.15) is 0 Å². The molecule has 1 N–H and O–H groups in total. The molecule has 1 aromatic carbocycles. The number of alkyl halides is 2. The van der Waals surface area contributed by atoms with Gasteiger partial charge in [0.1, 0.15) is 12.2 Å². The lowest BCUT2D eigenvalue weighted by Gasteiger charge is -2.19. The Hall–Kier alpha value is -1.65. The van der Waals surface area contributed by atoms with Crippen molar-refractivity contribution in [2.75, 3.05) is 7.11 Å². The van der Waals surface area contributed by atoms with Crippen molar-refractivity contribution in [2.24, 2.45) is 0 Å². The molecule has 0 atom stereocenters. The van der Waals surface area contributed by atoms with E-state index in [0.29, 0.717) is 5.56 Å². The Morgan fingerprint density at radius 1 is 1.50 bits per heavy atom. The molecule has 0 aliphatic heterocycles. The van der Waals surface area contributed by atoms with Gasteiger partial charge in [0.15, 0.2) is 0 Å². The molecule has 0 heterocycles. The molecule has 0 unspecified atom stereocenters. The van der Waals surface area contributed by atoms with Crippen LogP contribution in [0.4, 0.5) is 8.78 Å². The van der Waals surface area contributed by atoms with Gasteiger partial charge in [-0.15, -0.1) is 0 Å². The van der Waals surface area contributed by atoms with Crippen LogP contribution in [0.3, 0.4) is 0 Å². The van der Waals surface area contributed by atoms with Crippen LogP contribution < -0.4 is 4.74 Å². The number of benzene rings is 1. The summed E-state index contributed by atoms with van der Waals surface area (Å²) in [5.41, 5.74) is -0.0505. The Morgan fingerprint density at radius 2 is 2.12 bits per heavy atom. The number of hydrogen-bond acceptors (Lipinski definition) is 2. The van der Waals surface area contributed by atoms with Crippen LogP contribution in [0.25, 0.3) is 0 Å². The summed E-state index contributed by atoms with van der Waals surface area (Å²) in [4.78, 5) is 10.4. The van der Waals surface area contributed by atoms with Gasteiger partial charge in [0.25, 0.3) is 5.92 Å². The summed E-state index contributed by atoms with van der Waals surface area (Å²) in [5.74, 6) is -4.97. The molecule has 0 amide bonds. The molecule has 0 aliphatic rings. The molecule has 0 spiro atoms. The summed E-state index contributed by atoms with van der Waals surface area (Å²) in [6.45, 7) is 1.49. The van der Waals surface area contributed by atoms with E-state index in [9.17, 15) is 13.6 Å². The van der Waals surface area contributed by atoms with E-state index in [1.807, 2.05) is 0 Å². The first-order valence-corrected chi connectivity index (χ1v) is 4.62. The van der Waals surface area contributed by atoms with Crippen molar-refractivity contribution in [1.29, 1.82) is 0 Å². The van der Waals surface area contributed by atoms with E-state index in [4.69, 9.17) is 9.84 Å². The molecular formula is C11H12F2O3. The first kappa shape index (κ1) is 12.4. The van der Waals surface area contributed by atoms with Crippen LogP contribution in [0.2, 0.25) is 0 Å². The zero-order chi connectivity index (χ0) is 12.3. The minimum Gasteiger partial charge on any atom is -0.496 e. The first-order chi connectivity index (χ1) is 7.38. The topological polar surface area (TPSA) is 46.5 Å². The van der Waals surface area contributed by atoms with Crippen molar-refractivity contribution >= 4 is 5.97 Å². The second kappa shape index (κ2) is 4.47. The summed E-state index contributed by atoms with van der Waals surface area (Å²) in [5, 5.41) is 8.44. The monoisotopic (exact) mass is 230 g/mol. The number of methoxy groups -OCH3 is 1. The number of carbonyl (C=O) groups is 1. The van der Waals surface area contributed by atoms with Gasteiger partial charge in [-0.05, 0) is 18.6 Å². The molecule has 1 aromatic rings. The molecule has 0 aliphatic carbocycles. The fraction of sp³-hybridized carbons (Fsp3) is 0.364. The maximum absolute atomic E-state index is 13.7. The highest BCUT2D eigenvalue weighted by Crippen LogP contribution is 2.39.